The predicted octanol–water partition coefficient (Wildman–Crippen LogP) is 1.08. The van der Waals surface area contributed by atoms with Crippen LogP contribution in [0.5, 0.6) is 5.75 Å². The average Bonchev–Trinajstić information content (AvgIpc) is 3.05. The molecular weight excluding hydrogens is 364 g/mol. The maximum absolute atomic E-state index is 13.1. The van der Waals surface area contributed by atoms with Crippen LogP contribution < -0.4 is 11.0 Å². The molecule has 0 bridgehead atoms. The molecule has 1 atom stereocenters. The van der Waals surface area contributed by atoms with Crippen LogP contribution in [0.4, 0.5) is 0 Å². The number of carbonyl (C=O) groups excluding carboxylic acids is 1. The number of rotatable bonds is 1. The van der Waals surface area contributed by atoms with Crippen LogP contribution in [0.1, 0.15) is 30.0 Å². The zero-order chi connectivity index (χ0) is 19.8. The van der Waals surface area contributed by atoms with Gasteiger partial charge in [0.1, 0.15) is 12.4 Å². The Morgan fingerprint density at radius 3 is 2.79 bits per heavy atom. The lowest BCUT2D eigenvalue weighted by atomic mass is 9.86. The van der Waals surface area contributed by atoms with Gasteiger partial charge in [-0.25, -0.2) is 4.79 Å². The van der Waals surface area contributed by atoms with Crippen molar-refractivity contribution in [1.29, 1.82) is 0 Å². The molecule has 0 radical (unpaired) electrons. The van der Waals surface area contributed by atoms with Crippen LogP contribution in [0.2, 0.25) is 0 Å². The molecule has 2 aromatic heterocycles. The first-order chi connectivity index (χ1) is 13.4. The van der Waals surface area contributed by atoms with Gasteiger partial charge in [-0.05, 0) is 24.6 Å². The number of aromatic amines is 1. The van der Waals surface area contributed by atoms with Gasteiger partial charge < -0.3 is 24.5 Å². The second-order valence-corrected chi connectivity index (χ2v) is 7.11. The second kappa shape index (κ2) is 5.32. The predicted molar refractivity (Wildman–Crippen MR) is 99.0 cm³/mol. The Hall–Kier alpha value is -3.39. The molecule has 4 heterocycles. The summed E-state index contributed by atoms with van der Waals surface area (Å²) in [6.07, 6.45) is 0.0523. The van der Waals surface area contributed by atoms with E-state index in [2.05, 4.69) is 4.98 Å². The minimum Gasteiger partial charge on any atom is -0.507 e. The molecule has 3 N–H and O–H groups in total. The molecule has 3 aromatic rings. The number of phenols is 1. The highest BCUT2D eigenvalue weighted by Gasteiger charge is 2.45. The zero-order valence-electron chi connectivity index (χ0n) is 14.9. The van der Waals surface area contributed by atoms with E-state index in [1.807, 2.05) is 0 Å². The quantitative estimate of drug-likeness (QED) is 0.425. The molecule has 0 aliphatic carbocycles. The zero-order valence-corrected chi connectivity index (χ0v) is 14.9. The molecule has 8 heteroatoms. The SMILES string of the molecule is CC[C@@]1(O)C(=O)OCc2c1cc1n(c2=O)Cc2c-1[nH]c1cccc(O)c1c2=O. The van der Waals surface area contributed by atoms with Crippen LogP contribution in [-0.4, -0.2) is 25.7 Å². The van der Waals surface area contributed by atoms with Crippen LogP contribution in [0.3, 0.4) is 0 Å². The number of nitrogens with one attached hydrogen (secondary N) is 1. The maximum Gasteiger partial charge on any atom is 0.343 e. The number of pyridine rings is 2. The first-order valence-corrected chi connectivity index (χ1v) is 8.90. The molecule has 2 aliphatic heterocycles. The van der Waals surface area contributed by atoms with Gasteiger partial charge in [0.05, 0.1) is 34.4 Å². The third kappa shape index (κ3) is 1.90. The number of cyclic esters (lactones) is 1. The van der Waals surface area contributed by atoms with Crippen molar-refractivity contribution in [3.8, 4) is 17.1 Å². The highest BCUT2D eigenvalue weighted by atomic mass is 16.6. The lowest BCUT2D eigenvalue weighted by Crippen LogP contribution is -2.44. The first kappa shape index (κ1) is 16.8. The third-order valence-corrected chi connectivity index (χ3v) is 5.72. The summed E-state index contributed by atoms with van der Waals surface area (Å²) < 4.78 is 6.45. The number of nitrogens with zero attached hydrogens (tertiary/aromatic N) is 1. The van der Waals surface area contributed by atoms with E-state index >= 15 is 0 Å². The molecule has 8 nitrogen and oxygen atoms in total. The lowest BCUT2D eigenvalue weighted by molar-refractivity contribution is -0.172. The fourth-order valence-corrected chi connectivity index (χ4v) is 4.15. The largest absolute Gasteiger partial charge is 0.507 e. The number of aromatic nitrogens is 2. The van der Waals surface area contributed by atoms with Crippen molar-refractivity contribution >= 4 is 16.9 Å². The van der Waals surface area contributed by atoms with E-state index in [4.69, 9.17) is 4.74 Å². The standard InChI is InChI=1S/C20H16N2O6/c1-2-20(27)11-6-13-16-9(7-22(13)18(25)10(11)8-28-19(20)26)17(24)15-12(21-16)4-3-5-14(15)23/h3-6,23,27H,2,7-8H2,1H3,(H,21,24)/t20-/m0/s1. The van der Waals surface area contributed by atoms with Crippen molar-refractivity contribution in [3.63, 3.8) is 0 Å². The van der Waals surface area contributed by atoms with E-state index in [0.29, 0.717) is 22.5 Å². The van der Waals surface area contributed by atoms with Crippen LogP contribution >= 0.6 is 0 Å². The fraction of sp³-hybridized carbons (Fsp3) is 0.250. The first-order valence-electron chi connectivity index (χ1n) is 8.90. The van der Waals surface area contributed by atoms with E-state index in [-0.39, 0.29) is 47.3 Å². The number of phenolic OH excluding ortho intramolecular Hbond substituents is 1. The number of ether oxygens (including phenoxy) is 1. The number of hydrogen-bond acceptors (Lipinski definition) is 6. The molecule has 28 heavy (non-hydrogen) atoms. The highest BCUT2D eigenvalue weighted by Crippen LogP contribution is 2.38. The average molecular weight is 380 g/mol. The van der Waals surface area contributed by atoms with Gasteiger partial charge in [0.2, 0.25) is 0 Å². The molecule has 2 aliphatic rings. The molecule has 0 amide bonds. The van der Waals surface area contributed by atoms with Crippen molar-refractivity contribution in [2.75, 3.05) is 0 Å². The summed E-state index contributed by atoms with van der Waals surface area (Å²) in [5, 5.41) is 21.1. The molecule has 142 valence electrons. The van der Waals surface area contributed by atoms with Crippen LogP contribution in [-0.2, 0) is 28.3 Å². The molecule has 0 saturated carbocycles. The summed E-state index contributed by atoms with van der Waals surface area (Å²) in [4.78, 5) is 41.3. The van der Waals surface area contributed by atoms with Crippen molar-refractivity contribution < 1.29 is 19.7 Å². The number of hydrogen-bond donors (Lipinski definition) is 3. The Kier molecular flexibility index (Phi) is 3.19. The fourth-order valence-electron chi connectivity index (χ4n) is 4.15. The third-order valence-electron chi connectivity index (χ3n) is 5.72. The van der Waals surface area contributed by atoms with Crippen LogP contribution in [0.15, 0.2) is 33.9 Å². The Bertz CT molecular complexity index is 1320. The van der Waals surface area contributed by atoms with Gasteiger partial charge >= 0.3 is 5.97 Å². The van der Waals surface area contributed by atoms with Gasteiger partial charge in [-0.3, -0.25) is 9.59 Å². The van der Waals surface area contributed by atoms with Gasteiger partial charge in [-0.2, -0.15) is 0 Å². The number of carbonyl (C=O) groups is 1. The number of H-pyrrole nitrogens is 1. The highest BCUT2D eigenvalue weighted by molar-refractivity contribution is 5.89. The van der Waals surface area contributed by atoms with Crippen LogP contribution in [0, 0.1) is 0 Å². The van der Waals surface area contributed by atoms with Gasteiger partial charge in [0, 0.05) is 11.1 Å². The Morgan fingerprint density at radius 1 is 1.25 bits per heavy atom. The number of benzene rings is 1. The summed E-state index contributed by atoms with van der Waals surface area (Å²) in [7, 11) is 0. The minimum absolute atomic E-state index is 0.0366. The monoisotopic (exact) mass is 380 g/mol. The number of aliphatic hydroxyl groups is 1. The van der Waals surface area contributed by atoms with Crippen molar-refractivity contribution in [2.24, 2.45) is 0 Å². The summed E-state index contributed by atoms with van der Waals surface area (Å²) >= 11 is 0. The molecule has 0 spiro atoms. The second-order valence-electron chi connectivity index (χ2n) is 7.11. The van der Waals surface area contributed by atoms with Crippen molar-refractivity contribution in [1.82, 2.24) is 9.55 Å². The topological polar surface area (TPSA) is 122 Å². The van der Waals surface area contributed by atoms with E-state index in [9.17, 15) is 24.6 Å². The Labute approximate surface area is 157 Å². The van der Waals surface area contributed by atoms with E-state index in [1.165, 1.54) is 10.6 Å². The summed E-state index contributed by atoms with van der Waals surface area (Å²) in [6, 6.07) is 6.29. The molecule has 0 saturated heterocycles. The molecule has 1 aromatic carbocycles. The molecular formula is C20H16N2O6. The Balaban J connectivity index is 1.86. The lowest BCUT2D eigenvalue weighted by Gasteiger charge is -2.31. The molecule has 5 rings (SSSR count). The number of aromatic hydroxyl groups is 1. The van der Waals surface area contributed by atoms with E-state index < -0.39 is 17.1 Å². The van der Waals surface area contributed by atoms with Gasteiger partial charge in [-0.1, -0.05) is 13.0 Å². The smallest absolute Gasteiger partial charge is 0.343 e. The van der Waals surface area contributed by atoms with E-state index in [0.717, 1.165) is 0 Å². The normalized spacial score (nSPS) is 19.9. The molecule has 0 unspecified atom stereocenters. The maximum atomic E-state index is 13.1. The minimum atomic E-state index is -1.90. The Morgan fingerprint density at radius 2 is 2.04 bits per heavy atom. The van der Waals surface area contributed by atoms with Gasteiger partial charge in [-0.15, -0.1) is 0 Å². The van der Waals surface area contributed by atoms with Crippen LogP contribution in [0.25, 0.3) is 22.3 Å². The van der Waals surface area contributed by atoms with E-state index in [1.54, 1.807) is 25.1 Å². The van der Waals surface area contributed by atoms with Crippen molar-refractivity contribution in [2.45, 2.75) is 32.1 Å². The van der Waals surface area contributed by atoms with Crippen molar-refractivity contribution in [3.05, 3.63) is 61.5 Å². The number of fused-ring (bicyclic) bond motifs is 5. The summed E-state index contributed by atoms with van der Waals surface area (Å²) in [6.45, 7) is 1.45. The van der Waals surface area contributed by atoms with Gasteiger partial charge in [0.15, 0.2) is 11.0 Å². The summed E-state index contributed by atoms with van der Waals surface area (Å²) in [5.74, 6) is -0.925. The van der Waals surface area contributed by atoms with Gasteiger partial charge in [0.25, 0.3) is 5.56 Å². The number of esters is 1. The summed E-state index contributed by atoms with van der Waals surface area (Å²) in [5.41, 5.74) is -0.602. The molecule has 0 fully saturated rings.